The molecule has 0 aliphatic rings. The molecule has 1 aromatic heterocycles. The fourth-order valence-corrected chi connectivity index (χ4v) is 1.54. The highest BCUT2D eigenvalue weighted by molar-refractivity contribution is 5.92. The van der Waals surface area contributed by atoms with Crippen molar-refractivity contribution in [3.63, 3.8) is 0 Å². The van der Waals surface area contributed by atoms with Gasteiger partial charge in [-0.1, -0.05) is 12.1 Å². The van der Waals surface area contributed by atoms with E-state index < -0.39 is 0 Å². The Hall–Kier alpha value is -2.50. The van der Waals surface area contributed by atoms with Crippen LogP contribution in [0.1, 0.15) is 16.2 Å². The minimum atomic E-state index is -0.306. The zero-order chi connectivity index (χ0) is 13.7. The van der Waals surface area contributed by atoms with Gasteiger partial charge in [-0.15, -0.1) is 0 Å². The van der Waals surface area contributed by atoms with E-state index in [0.717, 1.165) is 0 Å². The number of para-hydroxylation sites is 2. The normalized spacial score (nSPS) is 10.2. The molecular weight excluding hydrogens is 246 g/mol. The number of carbonyl (C=O) groups excluding carboxylic acids is 1. The van der Waals surface area contributed by atoms with E-state index in [0.29, 0.717) is 30.3 Å². The van der Waals surface area contributed by atoms with Crippen LogP contribution in [-0.4, -0.2) is 24.0 Å². The van der Waals surface area contributed by atoms with Crippen LogP contribution in [0, 0.1) is 6.92 Å². The molecule has 1 amide bonds. The number of carbonyl (C=O) groups is 1. The Morgan fingerprint density at radius 3 is 2.95 bits per heavy atom. The summed E-state index contributed by atoms with van der Waals surface area (Å²) in [6, 6.07) is 7.20. The van der Waals surface area contributed by atoms with Gasteiger partial charge in [0.15, 0.2) is 6.39 Å². The van der Waals surface area contributed by atoms with Gasteiger partial charge in [0.25, 0.3) is 5.91 Å². The Labute approximate surface area is 110 Å². The van der Waals surface area contributed by atoms with Crippen molar-refractivity contribution in [1.82, 2.24) is 10.3 Å². The Morgan fingerprint density at radius 1 is 1.47 bits per heavy atom. The number of oxazole rings is 1. The third kappa shape index (κ3) is 3.25. The zero-order valence-electron chi connectivity index (χ0n) is 10.6. The van der Waals surface area contributed by atoms with Crippen LogP contribution in [-0.2, 0) is 0 Å². The Balaban J connectivity index is 1.77. The van der Waals surface area contributed by atoms with Gasteiger partial charge in [0.05, 0.1) is 17.9 Å². The van der Waals surface area contributed by atoms with Crippen molar-refractivity contribution in [1.29, 1.82) is 0 Å². The van der Waals surface area contributed by atoms with Crippen molar-refractivity contribution in [3.05, 3.63) is 42.1 Å². The number of amides is 1. The van der Waals surface area contributed by atoms with Gasteiger partial charge in [0, 0.05) is 0 Å². The molecule has 100 valence electrons. The summed E-state index contributed by atoms with van der Waals surface area (Å²) in [4.78, 5) is 15.5. The van der Waals surface area contributed by atoms with Gasteiger partial charge in [-0.05, 0) is 19.1 Å². The third-order valence-electron chi connectivity index (χ3n) is 2.52. The zero-order valence-corrected chi connectivity index (χ0v) is 10.6. The van der Waals surface area contributed by atoms with Gasteiger partial charge in [-0.25, -0.2) is 4.98 Å². The first kappa shape index (κ1) is 12.9. The number of nitrogen functional groups attached to an aromatic ring is 1. The number of aromatic nitrogens is 1. The molecule has 6 nitrogen and oxygen atoms in total. The summed E-state index contributed by atoms with van der Waals surface area (Å²) < 4.78 is 10.4. The second kappa shape index (κ2) is 5.90. The predicted molar refractivity (Wildman–Crippen MR) is 69.9 cm³/mol. The summed E-state index contributed by atoms with van der Waals surface area (Å²) in [5.41, 5.74) is 6.85. The first-order valence-corrected chi connectivity index (χ1v) is 5.84. The van der Waals surface area contributed by atoms with Crippen molar-refractivity contribution in [3.8, 4) is 5.75 Å². The van der Waals surface area contributed by atoms with Crippen LogP contribution in [0.2, 0.25) is 0 Å². The fraction of sp³-hybridized carbons (Fsp3) is 0.231. The van der Waals surface area contributed by atoms with Crippen LogP contribution in [0.15, 0.2) is 35.1 Å². The number of rotatable bonds is 5. The number of nitrogens with one attached hydrogen (secondary N) is 1. The lowest BCUT2D eigenvalue weighted by Gasteiger charge is -2.08. The Morgan fingerprint density at radius 2 is 2.26 bits per heavy atom. The highest BCUT2D eigenvalue weighted by Crippen LogP contribution is 2.19. The van der Waals surface area contributed by atoms with Gasteiger partial charge in [0.1, 0.15) is 12.4 Å². The molecule has 0 saturated heterocycles. The maximum Gasteiger partial charge on any atom is 0.289 e. The van der Waals surface area contributed by atoms with Crippen molar-refractivity contribution >= 4 is 11.6 Å². The molecule has 0 bridgehead atoms. The molecular formula is C13H15N3O3. The number of benzene rings is 1. The molecule has 1 aromatic carbocycles. The predicted octanol–water partition coefficient (Wildman–Crippen LogP) is 1.37. The number of ether oxygens (including phenoxy) is 1. The summed E-state index contributed by atoms with van der Waals surface area (Å²) in [6.07, 6.45) is 1.24. The second-order valence-corrected chi connectivity index (χ2v) is 3.91. The fourth-order valence-electron chi connectivity index (χ4n) is 1.54. The minimum Gasteiger partial charge on any atom is -0.490 e. The van der Waals surface area contributed by atoms with Crippen LogP contribution in [0.5, 0.6) is 5.75 Å². The molecule has 19 heavy (non-hydrogen) atoms. The average molecular weight is 261 g/mol. The van der Waals surface area contributed by atoms with Crippen LogP contribution in [0.25, 0.3) is 0 Å². The Bertz CT molecular complexity index is 566. The summed E-state index contributed by atoms with van der Waals surface area (Å²) in [6.45, 7) is 2.39. The molecule has 0 unspecified atom stereocenters. The Kier molecular flexibility index (Phi) is 4.02. The standard InChI is InChI=1S/C13H15N3O3/c1-9-12(19-8-16-9)13(17)15-6-7-18-11-5-3-2-4-10(11)14/h2-5,8H,6-7,14H2,1H3,(H,15,17). The van der Waals surface area contributed by atoms with Crippen LogP contribution >= 0.6 is 0 Å². The SMILES string of the molecule is Cc1ncoc1C(=O)NCCOc1ccccc1N. The van der Waals surface area contributed by atoms with Crippen LogP contribution in [0.3, 0.4) is 0 Å². The molecule has 2 aromatic rings. The molecule has 6 heteroatoms. The number of hydrogen-bond acceptors (Lipinski definition) is 5. The van der Waals surface area contributed by atoms with Gasteiger partial charge < -0.3 is 20.2 Å². The largest absolute Gasteiger partial charge is 0.490 e. The first-order chi connectivity index (χ1) is 9.18. The van der Waals surface area contributed by atoms with Gasteiger partial charge in [-0.3, -0.25) is 4.79 Å². The molecule has 0 aliphatic heterocycles. The topological polar surface area (TPSA) is 90.4 Å². The quantitative estimate of drug-likeness (QED) is 0.626. The smallest absolute Gasteiger partial charge is 0.289 e. The monoisotopic (exact) mass is 261 g/mol. The molecule has 0 saturated carbocycles. The maximum absolute atomic E-state index is 11.7. The molecule has 0 aliphatic carbocycles. The third-order valence-corrected chi connectivity index (χ3v) is 2.52. The molecule has 0 spiro atoms. The van der Waals surface area contributed by atoms with Crippen molar-refractivity contribution < 1.29 is 13.9 Å². The lowest BCUT2D eigenvalue weighted by Crippen LogP contribution is -2.28. The minimum absolute atomic E-state index is 0.222. The van der Waals surface area contributed by atoms with E-state index in [1.807, 2.05) is 12.1 Å². The number of hydrogen-bond donors (Lipinski definition) is 2. The van der Waals surface area contributed by atoms with Crippen LogP contribution < -0.4 is 15.8 Å². The molecule has 3 N–H and O–H groups in total. The molecule has 0 atom stereocenters. The lowest BCUT2D eigenvalue weighted by atomic mass is 10.3. The van der Waals surface area contributed by atoms with E-state index in [4.69, 9.17) is 14.9 Å². The van der Waals surface area contributed by atoms with Crippen molar-refractivity contribution in [2.45, 2.75) is 6.92 Å². The van der Waals surface area contributed by atoms with Gasteiger partial charge >= 0.3 is 0 Å². The summed E-state index contributed by atoms with van der Waals surface area (Å²) in [7, 11) is 0. The summed E-state index contributed by atoms with van der Waals surface area (Å²) >= 11 is 0. The molecule has 0 fully saturated rings. The maximum atomic E-state index is 11.7. The van der Waals surface area contributed by atoms with E-state index in [2.05, 4.69) is 10.3 Å². The van der Waals surface area contributed by atoms with Crippen molar-refractivity contribution in [2.75, 3.05) is 18.9 Å². The average Bonchev–Trinajstić information content (AvgIpc) is 2.82. The van der Waals surface area contributed by atoms with Crippen molar-refractivity contribution in [2.24, 2.45) is 0 Å². The van der Waals surface area contributed by atoms with Crippen LogP contribution in [0.4, 0.5) is 5.69 Å². The van der Waals surface area contributed by atoms with E-state index in [-0.39, 0.29) is 11.7 Å². The van der Waals surface area contributed by atoms with Gasteiger partial charge in [-0.2, -0.15) is 0 Å². The number of aryl methyl sites for hydroxylation is 1. The van der Waals surface area contributed by atoms with E-state index in [1.54, 1.807) is 19.1 Å². The molecule has 0 radical (unpaired) electrons. The summed E-state index contributed by atoms with van der Waals surface area (Å²) in [5, 5.41) is 2.68. The molecule has 2 rings (SSSR count). The number of anilines is 1. The number of nitrogens with two attached hydrogens (primary N) is 1. The highest BCUT2D eigenvalue weighted by Gasteiger charge is 2.12. The summed E-state index contributed by atoms with van der Waals surface area (Å²) in [5.74, 6) is 0.520. The lowest BCUT2D eigenvalue weighted by molar-refractivity contribution is 0.0918. The van der Waals surface area contributed by atoms with E-state index in [9.17, 15) is 4.79 Å². The second-order valence-electron chi connectivity index (χ2n) is 3.91. The highest BCUT2D eigenvalue weighted by atomic mass is 16.5. The molecule has 1 heterocycles. The van der Waals surface area contributed by atoms with Gasteiger partial charge in [0.2, 0.25) is 5.76 Å². The van der Waals surface area contributed by atoms with E-state index in [1.165, 1.54) is 6.39 Å². The van der Waals surface area contributed by atoms with E-state index >= 15 is 0 Å². The first-order valence-electron chi connectivity index (χ1n) is 5.84. The number of nitrogens with zero attached hydrogens (tertiary/aromatic N) is 1.